The molecule has 0 unspecified atom stereocenters. The van der Waals surface area contributed by atoms with E-state index in [1.165, 1.54) is 5.56 Å². The van der Waals surface area contributed by atoms with Gasteiger partial charge in [-0.2, -0.15) is 0 Å². The summed E-state index contributed by atoms with van der Waals surface area (Å²) in [7, 11) is 0. The summed E-state index contributed by atoms with van der Waals surface area (Å²) in [4.78, 5) is 0. The van der Waals surface area contributed by atoms with E-state index in [0.717, 1.165) is 35.8 Å². The fraction of sp³-hybridized carbons (Fsp3) is 0.400. The highest BCUT2D eigenvalue weighted by Crippen LogP contribution is 2.28. The van der Waals surface area contributed by atoms with Crippen molar-refractivity contribution in [3.05, 3.63) is 64.7 Å². The Morgan fingerprint density at radius 2 is 2.00 bits per heavy atom. The van der Waals surface area contributed by atoms with E-state index >= 15 is 0 Å². The molecule has 24 heavy (non-hydrogen) atoms. The van der Waals surface area contributed by atoms with Crippen molar-refractivity contribution in [1.29, 1.82) is 0 Å². The van der Waals surface area contributed by atoms with Crippen LogP contribution in [0, 0.1) is 12.8 Å². The van der Waals surface area contributed by atoms with Gasteiger partial charge in [0.15, 0.2) is 0 Å². The van der Waals surface area contributed by atoms with Gasteiger partial charge in [0.2, 0.25) is 0 Å². The Hall–Kier alpha value is -1.55. The van der Waals surface area contributed by atoms with Crippen LogP contribution in [0.2, 0.25) is 5.02 Å². The third-order valence-electron chi connectivity index (χ3n) is 4.51. The van der Waals surface area contributed by atoms with Crippen LogP contribution in [-0.2, 0) is 11.3 Å². The average Bonchev–Trinajstić information content (AvgIpc) is 3.13. The lowest BCUT2D eigenvalue weighted by molar-refractivity contribution is 0.0162. The van der Waals surface area contributed by atoms with E-state index in [4.69, 9.17) is 21.1 Å². The van der Waals surface area contributed by atoms with Gasteiger partial charge in [0.25, 0.3) is 0 Å². The molecule has 0 spiro atoms. The number of hydrogen-bond donors (Lipinski definition) is 1. The predicted octanol–water partition coefficient (Wildman–Crippen LogP) is 4.22. The van der Waals surface area contributed by atoms with E-state index in [9.17, 15) is 0 Å². The second kappa shape index (κ2) is 8.52. The first-order valence-electron chi connectivity index (χ1n) is 8.48. The second-order valence-electron chi connectivity index (χ2n) is 6.27. The van der Waals surface area contributed by atoms with Crippen molar-refractivity contribution in [2.45, 2.75) is 26.1 Å². The van der Waals surface area contributed by atoms with Crippen molar-refractivity contribution in [2.75, 3.05) is 19.7 Å². The molecule has 2 atom stereocenters. The van der Waals surface area contributed by atoms with Gasteiger partial charge in [-0.1, -0.05) is 48.0 Å². The number of benzene rings is 2. The van der Waals surface area contributed by atoms with Crippen LogP contribution in [0.1, 0.15) is 17.5 Å². The van der Waals surface area contributed by atoms with Crippen LogP contribution >= 0.6 is 11.6 Å². The molecule has 3 rings (SSSR count). The molecule has 2 aromatic carbocycles. The number of ether oxygens (including phenoxy) is 2. The lowest BCUT2D eigenvalue weighted by Gasteiger charge is -2.25. The largest absolute Gasteiger partial charge is 0.487 e. The molecular weight excluding hydrogens is 322 g/mol. The van der Waals surface area contributed by atoms with E-state index in [1.54, 1.807) is 0 Å². The molecule has 0 amide bonds. The van der Waals surface area contributed by atoms with Crippen LogP contribution < -0.4 is 10.1 Å². The number of rotatable bonds is 7. The molecule has 0 radical (unpaired) electrons. The molecule has 128 valence electrons. The van der Waals surface area contributed by atoms with Gasteiger partial charge in [-0.15, -0.1) is 0 Å². The smallest absolute Gasteiger partial charge is 0.126 e. The number of nitrogens with one attached hydrogen (secondary N) is 1. The Morgan fingerprint density at radius 1 is 1.17 bits per heavy atom. The summed E-state index contributed by atoms with van der Waals surface area (Å²) in [6.07, 6.45) is 1.14. The molecule has 2 aromatic rings. The highest BCUT2D eigenvalue weighted by Gasteiger charge is 2.27. The van der Waals surface area contributed by atoms with E-state index < -0.39 is 0 Å². The summed E-state index contributed by atoms with van der Waals surface area (Å²) >= 11 is 6.22. The van der Waals surface area contributed by atoms with Crippen molar-refractivity contribution in [3.63, 3.8) is 0 Å². The quantitative estimate of drug-likeness (QED) is 0.815. The summed E-state index contributed by atoms with van der Waals surface area (Å²) in [5.41, 5.74) is 2.16. The maximum Gasteiger partial charge on any atom is 0.126 e. The number of halogens is 1. The number of hydrogen-bond acceptors (Lipinski definition) is 3. The summed E-state index contributed by atoms with van der Waals surface area (Å²) in [5.74, 6) is 1.31. The minimum Gasteiger partial charge on any atom is -0.487 e. The molecule has 1 aliphatic heterocycles. The van der Waals surface area contributed by atoms with Crippen molar-refractivity contribution in [2.24, 2.45) is 5.92 Å². The van der Waals surface area contributed by atoms with Crippen LogP contribution in [0.4, 0.5) is 0 Å². The molecule has 1 N–H and O–H groups in total. The van der Waals surface area contributed by atoms with Crippen molar-refractivity contribution >= 4 is 11.6 Å². The zero-order valence-corrected chi connectivity index (χ0v) is 14.8. The fourth-order valence-corrected chi connectivity index (χ4v) is 3.17. The Bertz CT molecular complexity index is 641. The monoisotopic (exact) mass is 345 g/mol. The molecule has 1 heterocycles. The first-order valence-corrected chi connectivity index (χ1v) is 8.86. The van der Waals surface area contributed by atoms with Crippen molar-refractivity contribution in [1.82, 2.24) is 5.32 Å². The van der Waals surface area contributed by atoms with Crippen LogP contribution in [-0.4, -0.2) is 25.8 Å². The predicted molar refractivity (Wildman–Crippen MR) is 97.7 cm³/mol. The van der Waals surface area contributed by atoms with Crippen LogP contribution in [0.15, 0.2) is 48.5 Å². The lowest BCUT2D eigenvalue weighted by atomic mass is 10.0. The highest BCUT2D eigenvalue weighted by atomic mass is 35.5. The molecule has 4 heteroatoms. The van der Waals surface area contributed by atoms with E-state index in [-0.39, 0.29) is 6.10 Å². The molecule has 1 aliphatic rings. The molecular formula is C20H24ClNO2. The van der Waals surface area contributed by atoms with Crippen LogP contribution in [0.25, 0.3) is 0 Å². The minimum absolute atomic E-state index is 0.0286. The Morgan fingerprint density at radius 3 is 2.75 bits per heavy atom. The maximum absolute atomic E-state index is 6.30. The van der Waals surface area contributed by atoms with Gasteiger partial charge >= 0.3 is 0 Å². The molecule has 1 fully saturated rings. The molecule has 1 saturated heterocycles. The highest BCUT2D eigenvalue weighted by molar-refractivity contribution is 6.31. The SMILES string of the molecule is Cc1c(Cl)cccc1O[C@@H](COCc1ccccc1)[C@H]1CCNC1. The third-order valence-corrected chi connectivity index (χ3v) is 4.92. The Labute approximate surface area is 148 Å². The fourth-order valence-electron chi connectivity index (χ4n) is 3.01. The minimum atomic E-state index is 0.0286. The molecule has 0 saturated carbocycles. The van der Waals surface area contributed by atoms with E-state index in [2.05, 4.69) is 17.4 Å². The zero-order valence-electron chi connectivity index (χ0n) is 14.0. The van der Waals surface area contributed by atoms with Gasteiger partial charge in [0.1, 0.15) is 11.9 Å². The maximum atomic E-state index is 6.30. The molecule has 0 aromatic heterocycles. The Kier molecular flexibility index (Phi) is 6.13. The van der Waals surface area contributed by atoms with Gasteiger partial charge in [0.05, 0.1) is 13.2 Å². The van der Waals surface area contributed by atoms with Gasteiger partial charge < -0.3 is 14.8 Å². The first kappa shape index (κ1) is 17.3. The topological polar surface area (TPSA) is 30.5 Å². The molecule has 0 bridgehead atoms. The van der Waals surface area contributed by atoms with Gasteiger partial charge in [-0.25, -0.2) is 0 Å². The van der Waals surface area contributed by atoms with Crippen molar-refractivity contribution in [3.8, 4) is 5.75 Å². The first-order chi connectivity index (χ1) is 11.7. The average molecular weight is 346 g/mol. The summed E-state index contributed by atoms with van der Waals surface area (Å²) in [6, 6.07) is 16.0. The standard InChI is InChI=1S/C20H24ClNO2/c1-15-18(21)8-5-9-19(15)24-20(17-10-11-22-12-17)14-23-13-16-6-3-2-4-7-16/h2-9,17,20,22H,10-14H2,1H3/t17-,20-/m0/s1. The second-order valence-corrected chi connectivity index (χ2v) is 6.68. The summed E-state index contributed by atoms with van der Waals surface area (Å²) in [6.45, 7) is 5.19. The Balaban J connectivity index is 1.63. The summed E-state index contributed by atoms with van der Waals surface area (Å²) < 4.78 is 12.2. The van der Waals surface area contributed by atoms with Crippen LogP contribution in [0.3, 0.4) is 0 Å². The van der Waals surface area contributed by atoms with Crippen molar-refractivity contribution < 1.29 is 9.47 Å². The van der Waals surface area contributed by atoms with E-state index in [0.29, 0.717) is 19.1 Å². The van der Waals surface area contributed by atoms with Gasteiger partial charge in [-0.3, -0.25) is 0 Å². The van der Waals surface area contributed by atoms with E-state index in [1.807, 2.05) is 43.3 Å². The summed E-state index contributed by atoms with van der Waals surface area (Å²) in [5, 5.41) is 4.15. The zero-order chi connectivity index (χ0) is 16.8. The van der Waals surface area contributed by atoms with Crippen LogP contribution in [0.5, 0.6) is 5.75 Å². The lowest BCUT2D eigenvalue weighted by Crippen LogP contribution is -2.33. The molecule has 0 aliphatic carbocycles. The van der Waals surface area contributed by atoms with Gasteiger partial charge in [-0.05, 0) is 37.6 Å². The third kappa shape index (κ3) is 4.50. The van der Waals surface area contributed by atoms with Gasteiger partial charge in [0, 0.05) is 23.0 Å². The molecule has 3 nitrogen and oxygen atoms in total. The normalized spacial score (nSPS) is 18.5.